The van der Waals surface area contributed by atoms with Crippen LogP contribution in [0.15, 0.2) is 42.5 Å². The molecule has 26 heavy (non-hydrogen) atoms. The first-order chi connectivity index (χ1) is 12.5. The van der Waals surface area contributed by atoms with Crippen molar-refractivity contribution in [3.05, 3.63) is 53.6 Å². The maximum Gasteiger partial charge on any atom is 0.233 e. The highest BCUT2D eigenvalue weighted by atomic mass is 16.5. The molecule has 134 valence electrons. The molecule has 0 spiro atoms. The number of methoxy groups -OCH3 is 2. The number of carbonyl (C=O) groups is 2. The van der Waals surface area contributed by atoms with Gasteiger partial charge in [-0.15, -0.1) is 0 Å². The Morgan fingerprint density at radius 2 is 1.81 bits per heavy atom. The smallest absolute Gasteiger partial charge is 0.233 e. The number of amides is 2. The van der Waals surface area contributed by atoms with E-state index in [-0.39, 0.29) is 13.0 Å². The van der Waals surface area contributed by atoms with E-state index in [1.54, 1.807) is 49.6 Å². The zero-order chi connectivity index (χ0) is 18.9. The molecule has 2 aromatic carbocycles. The fraction of sp³-hybridized carbons (Fsp3) is 0.211. The number of nitrogens with one attached hydrogen (secondary N) is 2. The SMILES string of the molecule is COc1ccc(CNC(=O)CC(=O)Nc2cccc(C#N)c2)cc1OC. The van der Waals surface area contributed by atoms with E-state index in [1.165, 1.54) is 7.11 Å². The first-order valence-corrected chi connectivity index (χ1v) is 7.83. The number of benzene rings is 2. The summed E-state index contributed by atoms with van der Waals surface area (Å²) in [6.45, 7) is 0.260. The van der Waals surface area contributed by atoms with Crippen LogP contribution < -0.4 is 20.1 Å². The van der Waals surface area contributed by atoms with Crippen molar-refractivity contribution < 1.29 is 19.1 Å². The Morgan fingerprint density at radius 3 is 2.50 bits per heavy atom. The molecular formula is C19H19N3O4. The van der Waals surface area contributed by atoms with Crippen molar-refractivity contribution in [2.24, 2.45) is 0 Å². The quantitative estimate of drug-likeness (QED) is 0.744. The van der Waals surface area contributed by atoms with Crippen LogP contribution in [-0.4, -0.2) is 26.0 Å². The van der Waals surface area contributed by atoms with Crippen molar-refractivity contribution in [1.29, 1.82) is 5.26 Å². The minimum Gasteiger partial charge on any atom is -0.493 e. The van der Waals surface area contributed by atoms with Gasteiger partial charge in [-0.3, -0.25) is 9.59 Å². The Kier molecular flexibility index (Phi) is 6.57. The molecule has 0 aromatic heterocycles. The van der Waals surface area contributed by atoms with Gasteiger partial charge in [0, 0.05) is 12.2 Å². The van der Waals surface area contributed by atoms with Crippen LogP contribution in [-0.2, 0) is 16.1 Å². The van der Waals surface area contributed by atoms with Crippen LogP contribution in [0.25, 0.3) is 0 Å². The zero-order valence-corrected chi connectivity index (χ0v) is 14.5. The first kappa shape index (κ1) is 18.8. The van der Waals surface area contributed by atoms with E-state index in [1.807, 2.05) is 6.07 Å². The molecule has 7 nitrogen and oxygen atoms in total. The van der Waals surface area contributed by atoms with Gasteiger partial charge in [0.25, 0.3) is 0 Å². The predicted octanol–water partition coefficient (Wildman–Crippen LogP) is 2.22. The normalized spacial score (nSPS) is 9.73. The van der Waals surface area contributed by atoms with Crippen molar-refractivity contribution in [3.8, 4) is 17.6 Å². The van der Waals surface area contributed by atoms with Gasteiger partial charge in [-0.05, 0) is 35.9 Å². The maximum absolute atomic E-state index is 11.9. The first-order valence-electron chi connectivity index (χ1n) is 7.83. The average Bonchev–Trinajstić information content (AvgIpc) is 2.66. The number of hydrogen-bond donors (Lipinski definition) is 2. The fourth-order valence-corrected chi connectivity index (χ4v) is 2.27. The van der Waals surface area contributed by atoms with Crippen LogP contribution in [0.5, 0.6) is 11.5 Å². The molecule has 2 aromatic rings. The van der Waals surface area contributed by atoms with Gasteiger partial charge in [-0.2, -0.15) is 5.26 Å². The van der Waals surface area contributed by atoms with Crippen LogP contribution in [0, 0.1) is 11.3 Å². The van der Waals surface area contributed by atoms with E-state index in [4.69, 9.17) is 14.7 Å². The third kappa shape index (κ3) is 5.24. The Hall–Kier alpha value is -3.53. The molecule has 0 atom stereocenters. The zero-order valence-electron chi connectivity index (χ0n) is 14.5. The van der Waals surface area contributed by atoms with Gasteiger partial charge in [0.05, 0.1) is 25.9 Å². The predicted molar refractivity (Wildman–Crippen MR) is 95.8 cm³/mol. The second kappa shape index (κ2) is 9.08. The second-order valence-corrected chi connectivity index (χ2v) is 5.38. The Morgan fingerprint density at radius 1 is 1.04 bits per heavy atom. The summed E-state index contributed by atoms with van der Waals surface area (Å²) in [5.41, 5.74) is 1.72. The van der Waals surface area contributed by atoms with Crippen molar-refractivity contribution in [3.63, 3.8) is 0 Å². The topological polar surface area (TPSA) is 100 Å². The third-order valence-corrected chi connectivity index (χ3v) is 3.53. The largest absolute Gasteiger partial charge is 0.493 e. The Bertz CT molecular complexity index is 843. The van der Waals surface area contributed by atoms with Gasteiger partial charge in [0.15, 0.2) is 11.5 Å². The minimum atomic E-state index is -0.454. The lowest BCUT2D eigenvalue weighted by atomic mass is 10.2. The highest BCUT2D eigenvalue weighted by Gasteiger charge is 2.11. The number of carbonyl (C=O) groups excluding carboxylic acids is 2. The summed E-state index contributed by atoms with van der Waals surface area (Å²) in [5.74, 6) is 0.301. The lowest BCUT2D eigenvalue weighted by Gasteiger charge is -2.10. The van der Waals surface area contributed by atoms with E-state index >= 15 is 0 Å². The van der Waals surface area contributed by atoms with Crippen LogP contribution in [0.2, 0.25) is 0 Å². The number of rotatable bonds is 7. The van der Waals surface area contributed by atoms with Crippen molar-refractivity contribution in [1.82, 2.24) is 5.32 Å². The summed E-state index contributed by atoms with van der Waals surface area (Å²) in [6, 6.07) is 13.8. The maximum atomic E-state index is 11.9. The van der Waals surface area contributed by atoms with Gasteiger partial charge in [-0.1, -0.05) is 12.1 Å². The van der Waals surface area contributed by atoms with Gasteiger partial charge >= 0.3 is 0 Å². The number of ether oxygens (including phenoxy) is 2. The molecule has 2 N–H and O–H groups in total. The molecule has 2 rings (SSSR count). The van der Waals surface area contributed by atoms with Crippen molar-refractivity contribution in [2.75, 3.05) is 19.5 Å². The van der Waals surface area contributed by atoms with Crippen LogP contribution in [0.1, 0.15) is 17.5 Å². The highest BCUT2D eigenvalue weighted by molar-refractivity contribution is 6.03. The molecule has 0 aliphatic heterocycles. The molecule has 0 radical (unpaired) electrons. The standard InChI is InChI=1S/C19H19N3O4/c1-25-16-7-6-14(9-17(16)26-2)12-21-18(23)10-19(24)22-15-5-3-4-13(8-15)11-20/h3-9H,10,12H2,1-2H3,(H,21,23)(H,22,24). The molecule has 0 aliphatic rings. The molecule has 0 heterocycles. The van der Waals surface area contributed by atoms with Gasteiger partial charge in [-0.25, -0.2) is 0 Å². The number of nitriles is 1. The summed E-state index contributed by atoms with van der Waals surface area (Å²) in [6.07, 6.45) is -0.315. The molecular weight excluding hydrogens is 334 g/mol. The monoisotopic (exact) mass is 353 g/mol. The van der Waals surface area contributed by atoms with E-state index in [2.05, 4.69) is 10.6 Å². The highest BCUT2D eigenvalue weighted by Crippen LogP contribution is 2.27. The number of nitrogens with zero attached hydrogens (tertiary/aromatic N) is 1. The lowest BCUT2D eigenvalue weighted by Crippen LogP contribution is -2.27. The lowest BCUT2D eigenvalue weighted by molar-refractivity contribution is -0.126. The third-order valence-electron chi connectivity index (χ3n) is 3.53. The summed E-state index contributed by atoms with van der Waals surface area (Å²) in [7, 11) is 3.08. The molecule has 0 saturated carbocycles. The van der Waals surface area contributed by atoms with Gasteiger partial charge in [0.1, 0.15) is 6.42 Å². The van der Waals surface area contributed by atoms with Crippen LogP contribution >= 0.6 is 0 Å². The number of hydrogen-bond acceptors (Lipinski definition) is 5. The molecule has 0 aliphatic carbocycles. The summed E-state index contributed by atoms with van der Waals surface area (Å²) < 4.78 is 10.4. The molecule has 0 fully saturated rings. The average molecular weight is 353 g/mol. The molecule has 0 unspecified atom stereocenters. The Balaban J connectivity index is 1.86. The van der Waals surface area contributed by atoms with Crippen LogP contribution in [0.3, 0.4) is 0 Å². The summed E-state index contributed by atoms with van der Waals surface area (Å²) >= 11 is 0. The molecule has 7 heteroatoms. The van der Waals surface area contributed by atoms with Crippen LogP contribution in [0.4, 0.5) is 5.69 Å². The summed E-state index contributed by atoms with van der Waals surface area (Å²) in [5, 5.41) is 14.1. The molecule has 0 saturated heterocycles. The second-order valence-electron chi connectivity index (χ2n) is 5.38. The molecule has 0 bridgehead atoms. The number of anilines is 1. The van der Waals surface area contributed by atoms with E-state index in [0.29, 0.717) is 22.7 Å². The van der Waals surface area contributed by atoms with E-state index in [0.717, 1.165) is 5.56 Å². The minimum absolute atomic E-state index is 0.260. The van der Waals surface area contributed by atoms with Gasteiger partial charge in [0.2, 0.25) is 11.8 Å². The van der Waals surface area contributed by atoms with Crippen molar-refractivity contribution in [2.45, 2.75) is 13.0 Å². The summed E-state index contributed by atoms with van der Waals surface area (Å²) in [4.78, 5) is 23.9. The van der Waals surface area contributed by atoms with Crippen molar-refractivity contribution >= 4 is 17.5 Å². The van der Waals surface area contributed by atoms with E-state index in [9.17, 15) is 9.59 Å². The fourth-order valence-electron chi connectivity index (χ4n) is 2.27. The van der Waals surface area contributed by atoms with Gasteiger partial charge < -0.3 is 20.1 Å². The molecule has 2 amide bonds. The van der Waals surface area contributed by atoms with E-state index < -0.39 is 11.8 Å². The Labute approximate surface area is 151 Å².